The summed E-state index contributed by atoms with van der Waals surface area (Å²) in [6.07, 6.45) is 5.56. The molecule has 1 aliphatic rings. The molecule has 0 aromatic heterocycles. The number of sulfonamides is 1. The maximum atomic E-state index is 12.6. The van der Waals surface area contributed by atoms with Crippen LogP contribution in [0.3, 0.4) is 0 Å². The molecule has 200 valence electrons. The Hall–Kier alpha value is -0.458. The molecule has 1 saturated carbocycles. The van der Waals surface area contributed by atoms with Crippen molar-refractivity contribution in [3.8, 4) is 0 Å². The Morgan fingerprint density at radius 1 is 1.15 bits per heavy atom. The van der Waals surface area contributed by atoms with Crippen LogP contribution in [-0.4, -0.2) is 83.1 Å². The van der Waals surface area contributed by atoms with Gasteiger partial charge in [-0.05, 0) is 48.0 Å². The van der Waals surface area contributed by atoms with Gasteiger partial charge in [0.15, 0.2) is 0 Å². The zero-order valence-corrected chi connectivity index (χ0v) is 24.4. The first-order valence-corrected chi connectivity index (χ1v) is 16.5. The average molecular weight is 714 g/mol. The van der Waals surface area contributed by atoms with Crippen molar-refractivity contribution in [1.82, 2.24) is 9.80 Å². The van der Waals surface area contributed by atoms with Gasteiger partial charge in [0.2, 0.25) is 0 Å². The standard InChI is InChI=1S/C11H11F3NO4S.C10H22N2.HI.Pd/c1-2-19-10(16)8-15(9-6-4-3-5-7-9)20(17,18)11(12,13)14;1-11(2)9-7-5-6-8-10(9)12(3)4;;/h3-4,6-7H,2,8H2,1H3;9-10H,5-8H2,1-4H3;1H;/q-1;;;+2/p-1/t;9-,10-;;/m.1../s1. The summed E-state index contributed by atoms with van der Waals surface area (Å²) in [4.78, 5) is 16.1. The topological polar surface area (TPSA) is 70.2 Å². The van der Waals surface area contributed by atoms with Gasteiger partial charge in [-0.2, -0.15) is 45.9 Å². The summed E-state index contributed by atoms with van der Waals surface area (Å²) in [6.45, 7) is 0.323. The Balaban J connectivity index is 0.000000662. The van der Waals surface area contributed by atoms with Gasteiger partial charge in [0.25, 0.3) is 0 Å². The zero-order chi connectivity index (χ0) is 26.5. The van der Waals surface area contributed by atoms with Gasteiger partial charge >= 0.3 is 56.6 Å². The van der Waals surface area contributed by atoms with E-state index in [9.17, 15) is 26.4 Å². The van der Waals surface area contributed by atoms with Gasteiger partial charge in [0.1, 0.15) is 6.54 Å². The predicted molar refractivity (Wildman–Crippen MR) is 132 cm³/mol. The number of ether oxygens (including phenoxy) is 1. The Morgan fingerprint density at radius 3 is 2.00 bits per heavy atom. The molecule has 0 spiro atoms. The molecule has 0 aliphatic heterocycles. The van der Waals surface area contributed by atoms with E-state index >= 15 is 0 Å². The Bertz CT molecular complexity index is 799. The van der Waals surface area contributed by atoms with Gasteiger partial charge in [-0.15, -0.1) is 6.07 Å². The van der Waals surface area contributed by atoms with Crippen molar-refractivity contribution >= 4 is 41.2 Å². The summed E-state index contributed by atoms with van der Waals surface area (Å²) in [7, 11) is 3.11. The van der Waals surface area contributed by atoms with E-state index in [1.54, 1.807) is 0 Å². The predicted octanol–water partition coefficient (Wildman–Crippen LogP) is 4.01. The summed E-state index contributed by atoms with van der Waals surface area (Å²) in [5.74, 6) is -1.08. The number of hydrogen-bond acceptors (Lipinski definition) is 6. The second-order valence-electron chi connectivity index (χ2n) is 7.87. The Morgan fingerprint density at radius 2 is 1.65 bits per heavy atom. The minimum atomic E-state index is -5.69. The molecule has 2 atom stereocenters. The second-order valence-corrected chi connectivity index (χ2v) is 9.72. The first kappa shape index (κ1) is 33.5. The molecule has 34 heavy (non-hydrogen) atoms. The monoisotopic (exact) mass is 713 g/mol. The van der Waals surface area contributed by atoms with Crippen LogP contribution >= 0.6 is 19.5 Å². The molecule has 0 N–H and O–H groups in total. The van der Waals surface area contributed by atoms with Crippen molar-refractivity contribution in [3.63, 3.8) is 0 Å². The van der Waals surface area contributed by atoms with Crippen LogP contribution in [0.1, 0.15) is 32.6 Å². The van der Waals surface area contributed by atoms with E-state index in [1.165, 1.54) is 44.7 Å². The van der Waals surface area contributed by atoms with Crippen molar-refractivity contribution in [2.24, 2.45) is 0 Å². The maximum absolute atomic E-state index is 12.6. The molecule has 0 amide bonds. The van der Waals surface area contributed by atoms with Crippen molar-refractivity contribution in [3.05, 3.63) is 30.3 Å². The number of carbonyl (C=O) groups is 1. The van der Waals surface area contributed by atoms with Crippen LogP contribution in [0.4, 0.5) is 18.9 Å². The number of benzene rings is 1. The Kier molecular flexibility index (Phi) is 16.1. The third kappa shape index (κ3) is 10.7. The van der Waals surface area contributed by atoms with Crippen molar-refractivity contribution < 1.29 is 46.7 Å². The molecule has 1 fully saturated rings. The SMILES string of the molecule is CCOC(=O)CN(c1c[c-]ccc1)S(=O)(=O)C(F)(F)F.CN(C)[C@@H]1CCCC[C@H]1N(C)C.[Pd+][I]. The molecular formula is C21H33F3IN3O4PdS. The zero-order valence-electron chi connectivity index (χ0n) is 19.9. The van der Waals surface area contributed by atoms with Gasteiger partial charge in [-0.25, -0.2) is 0 Å². The van der Waals surface area contributed by atoms with Crippen LogP contribution < -0.4 is 4.31 Å². The van der Waals surface area contributed by atoms with Crippen LogP contribution in [0.25, 0.3) is 0 Å². The quantitative estimate of drug-likeness (QED) is 0.184. The molecule has 0 unspecified atom stereocenters. The second kappa shape index (κ2) is 16.3. The molecule has 0 heterocycles. The number of esters is 1. The van der Waals surface area contributed by atoms with Gasteiger partial charge in [0.05, 0.1) is 6.61 Å². The number of likely N-dealkylation sites (N-methyl/N-ethyl adjacent to an activating group) is 2. The summed E-state index contributed by atoms with van der Waals surface area (Å²) < 4.78 is 65.2. The van der Waals surface area contributed by atoms with Crippen LogP contribution in [-0.2, 0) is 35.1 Å². The van der Waals surface area contributed by atoms with Gasteiger partial charge in [-0.1, -0.05) is 18.5 Å². The third-order valence-corrected chi connectivity index (χ3v) is 6.66. The number of carbonyl (C=O) groups excluding carboxylic acids is 1. The number of anilines is 1. The average Bonchev–Trinajstić information content (AvgIpc) is 2.79. The number of rotatable bonds is 7. The van der Waals surface area contributed by atoms with Crippen molar-refractivity contribution in [2.75, 3.05) is 45.6 Å². The van der Waals surface area contributed by atoms with Crippen molar-refractivity contribution in [2.45, 2.75) is 50.2 Å². The van der Waals surface area contributed by atoms with Crippen LogP contribution in [0.2, 0.25) is 0 Å². The fourth-order valence-electron chi connectivity index (χ4n) is 3.60. The van der Waals surface area contributed by atoms with E-state index < -0.39 is 28.0 Å². The normalized spacial score (nSPS) is 18.4. The van der Waals surface area contributed by atoms with E-state index in [4.69, 9.17) is 0 Å². The van der Waals surface area contributed by atoms with E-state index in [2.05, 4.69) is 64.4 Å². The van der Waals surface area contributed by atoms with Gasteiger partial charge in [0, 0.05) is 12.1 Å². The van der Waals surface area contributed by atoms with E-state index in [0.717, 1.165) is 24.2 Å². The molecule has 2 rings (SSSR count). The number of nitrogens with zero attached hydrogens (tertiary/aromatic N) is 3. The molecule has 1 aliphatic carbocycles. The van der Waals surface area contributed by atoms with E-state index in [-0.39, 0.29) is 16.6 Å². The molecule has 0 radical (unpaired) electrons. The summed E-state index contributed by atoms with van der Waals surface area (Å²) in [6, 6.07) is 8.83. The molecule has 13 heteroatoms. The number of alkyl halides is 3. The summed E-state index contributed by atoms with van der Waals surface area (Å²) >= 11 is 4.72. The van der Waals surface area contributed by atoms with Gasteiger partial charge in [-0.3, -0.25) is 4.79 Å². The van der Waals surface area contributed by atoms with E-state index in [1.807, 2.05) is 19.5 Å². The molecule has 0 bridgehead atoms. The fourth-order valence-corrected chi connectivity index (χ4v) is 4.52. The molecule has 7 nitrogen and oxygen atoms in total. The minimum absolute atomic E-state index is 0.0541. The number of halogens is 4. The summed E-state index contributed by atoms with van der Waals surface area (Å²) in [5.41, 5.74) is -5.84. The van der Waals surface area contributed by atoms with Gasteiger partial charge < -0.3 is 18.8 Å². The first-order chi connectivity index (χ1) is 15.8. The fraction of sp³-hybridized carbons (Fsp3) is 0.667. The Labute approximate surface area is 222 Å². The third-order valence-electron chi connectivity index (χ3n) is 5.16. The molecule has 0 saturated heterocycles. The van der Waals surface area contributed by atoms with Crippen LogP contribution in [0.15, 0.2) is 24.3 Å². The van der Waals surface area contributed by atoms with E-state index in [0.29, 0.717) is 0 Å². The molecule has 1 aromatic rings. The molecule has 1 aromatic carbocycles. The first-order valence-electron chi connectivity index (χ1n) is 10.5. The molecular weight excluding hydrogens is 681 g/mol. The summed E-state index contributed by atoms with van der Waals surface area (Å²) in [5, 5.41) is 0. The van der Waals surface area contributed by atoms with Crippen LogP contribution in [0, 0.1) is 6.07 Å². The number of hydrogen-bond donors (Lipinski definition) is 0. The van der Waals surface area contributed by atoms with Crippen molar-refractivity contribution in [1.29, 1.82) is 0 Å². The van der Waals surface area contributed by atoms with Crippen LogP contribution in [0.5, 0.6) is 0 Å².